The predicted molar refractivity (Wildman–Crippen MR) is 42.0 cm³/mol. The molecule has 0 unspecified atom stereocenters. The molecule has 1 radical (unpaired) electrons. The van der Waals surface area contributed by atoms with Crippen LogP contribution >= 0.6 is 0 Å². The number of nitrogens with one attached hydrogen (secondary N) is 1. The minimum absolute atomic E-state index is 0.531. The summed E-state index contributed by atoms with van der Waals surface area (Å²) in [5.74, 6) is 0.878. The number of benzene rings is 1. The van der Waals surface area contributed by atoms with Crippen molar-refractivity contribution in [3.8, 4) is 5.75 Å². The molecule has 0 aliphatic carbocycles. The number of hydrogen-bond acceptors (Lipinski definition) is 1. The van der Waals surface area contributed by atoms with Gasteiger partial charge in [0.1, 0.15) is 12.0 Å². The van der Waals surface area contributed by atoms with Gasteiger partial charge in [-0.2, -0.15) is 0 Å². The van der Waals surface area contributed by atoms with Gasteiger partial charge in [0, 0.05) is 12.0 Å². The van der Waals surface area contributed by atoms with Gasteiger partial charge in [-0.25, -0.2) is 0 Å². The van der Waals surface area contributed by atoms with Crippen molar-refractivity contribution in [2.24, 2.45) is 0 Å². The summed E-state index contributed by atoms with van der Waals surface area (Å²) in [6, 6.07) is 7.79. The normalized spacial score (nSPS) is 14.7. The highest BCUT2D eigenvalue weighted by molar-refractivity contribution is 5.38. The van der Waals surface area contributed by atoms with Crippen LogP contribution in [0.3, 0.4) is 0 Å². The molecule has 0 saturated carbocycles. The monoisotopic (exact) mass is 146 g/mol. The predicted octanol–water partition coefficient (Wildman–Crippen LogP) is 1.75. The highest BCUT2D eigenvalue weighted by Gasteiger charge is 2.08. The van der Waals surface area contributed by atoms with Crippen LogP contribution in [0.4, 0.5) is 0 Å². The molecule has 11 heavy (non-hydrogen) atoms. The summed E-state index contributed by atoms with van der Waals surface area (Å²) in [5, 5.41) is 0. The van der Waals surface area contributed by atoms with Crippen LogP contribution in [-0.4, -0.2) is 0 Å². The Hall–Kier alpha value is -1.44. The molecule has 0 bridgehead atoms. The fourth-order valence-electron chi connectivity index (χ4n) is 1.15. The lowest BCUT2D eigenvalue weighted by Crippen LogP contribution is -2.02. The average Bonchev–Trinajstić information content (AvgIpc) is 2.04. The van der Waals surface area contributed by atoms with Crippen molar-refractivity contribution in [3.05, 3.63) is 41.8 Å². The standard InChI is InChI=1S/C9H8NO/c10-8-5-7-3-1-2-4-9(7)11-6-8/h1-4,6,10H,5H2. The van der Waals surface area contributed by atoms with E-state index in [0.717, 1.165) is 11.3 Å². The van der Waals surface area contributed by atoms with Gasteiger partial charge in [0.15, 0.2) is 0 Å². The summed E-state index contributed by atoms with van der Waals surface area (Å²) in [4.78, 5) is 0. The van der Waals surface area contributed by atoms with Gasteiger partial charge in [0.25, 0.3) is 0 Å². The Kier molecular flexibility index (Phi) is 1.32. The van der Waals surface area contributed by atoms with Gasteiger partial charge < -0.3 is 10.5 Å². The summed E-state index contributed by atoms with van der Waals surface area (Å²) >= 11 is 0. The zero-order valence-electron chi connectivity index (χ0n) is 6.00. The molecule has 2 rings (SSSR count). The van der Waals surface area contributed by atoms with Crippen molar-refractivity contribution in [2.45, 2.75) is 6.42 Å². The van der Waals surface area contributed by atoms with Crippen molar-refractivity contribution in [3.63, 3.8) is 0 Å². The van der Waals surface area contributed by atoms with E-state index in [9.17, 15) is 0 Å². The van der Waals surface area contributed by atoms with Gasteiger partial charge >= 0.3 is 0 Å². The number of para-hydroxylation sites is 1. The van der Waals surface area contributed by atoms with Crippen LogP contribution < -0.4 is 10.5 Å². The molecule has 0 aromatic heterocycles. The van der Waals surface area contributed by atoms with Gasteiger partial charge in [0.05, 0.1) is 5.70 Å². The quantitative estimate of drug-likeness (QED) is 0.548. The Morgan fingerprint density at radius 3 is 3.00 bits per heavy atom. The first-order chi connectivity index (χ1) is 5.36. The molecule has 0 atom stereocenters. The number of fused-ring (bicyclic) bond motifs is 1. The van der Waals surface area contributed by atoms with Gasteiger partial charge in [-0.05, 0) is 6.07 Å². The Morgan fingerprint density at radius 1 is 1.27 bits per heavy atom. The molecule has 2 heteroatoms. The van der Waals surface area contributed by atoms with E-state index in [-0.39, 0.29) is 0 Å². The summed E-state index contributed by atoms with van der Waals surface area (Å²) < 4.78 is 5.19. The first kappa shape index (κ1) is 6.28. The molecule has 1 aliphatic rings. The van der Waals surface area contributed by atoms with Gasteiger partial charge in [0.2, 0.25) is 0 Å². The molecular formula is C9H8NO. The minimum atomic E-state index is 0.531. The van der Waals surface area contributed by atoms with Crippen LogP contribution in [0, 0.1) is 0 Å². The number of rotatable bonds is 0. The summed E-state index contributed by atoms with van der Waals surface area (Å²) in [6.45, 7) is 0. The molecule has 55 valence electrons. The van der Waals surface area contributed by atoms with Gasteiger partial charge in [-0.15, -0.1) is 0 Å². The van der Waals surface area contributed by atoms with Crippen LogP contribution in [0.2, 0.25) is 0 Å². The molecule has 0 spiro atoms. The van der Waals surface area contributed by atoms with E-state index in [1.807, 2.05) is 24.3 Å². The molecular weight excluding hydrogens is 138 g/mol. The molecule has 1 aromatic rings. The van der Waals surface area contributed by atoms with E-state index in [1.165, 1.54) is 6.26 Å². The average molecular weight is 146 g/mol. The maximum Gasteiger partial charge on any atom is 0.130 e. The van der Waals surface area contributed by atoms with E-state index in [0.29, 0.717) is 12.1 Å². The van der Waals surface area contributed by atoms with E-state index < -0.39 is 0 Å². The molecule has 0 fully saturated rings. The number of hydrogen-bond donors (Lipinski definition) is 0. The highest BCUT2D eigenvalue weighted by Crippen LogP contribution is 2.24. The van der Waals surface area contributed by atoms with Crippen LogP contribution in [0.5, 0.6) is 5.75 Å². The zero-order valence-corrected chi connectivity index (χ0v) is 6.00. The topological polar surface area (TPSA) is 33.0 Å². The second-order valence-electron chi connectivity index (χ2n) is 2.55. The Bertz CT molecular complexity index is 304. The van der Waals surface area contributed by atoms with Gasteiger partial charge in [-0.1, -0.05) is 18.2 Å². The molecule has 0 amide bonds. The molecule has 1 N–H and O–H groups in total. The molecule has 0 saturated heterocycles. The minimum Gasteiger partial charge on any atom is -0.463 e. The summed E-state index contributed by atoms with van der Waals surface area (Å²) in [5.41, 5.74) is 8.97. The second kappa shape index (κ2) is 2.31. The Morgan fingerprint density at radius 2 is 2.09 bits per heavy atom. The van der Waals surface area contributed by atoms with Gasteiger partial charge in [-0.3, -0.25) is 0 Å². The van der Waals surface area contributed by atoms with Crippen LogP contribution in [0.15, 0.2) is 36.2 Å². The van der Waals surface area contributed by atoms with Crippen LogP contribution in [0.1, 0.15) is 5.56 Å². The van der Waals surface area contributed by atoms with Crippen molar-refractivity contribution in [1.82, 2.24) is 5.73 Å². The summed E-state index contributed by atoms with van der Waals surface area (Å²) in [7, 11) is 0. The first-order valence-electron chi connectivity index (χ1n) is 3.51. The molecule has 1 aliphatic heterocycles. The maximum atomic E-state index is 7.34. The fourth-order valence-corrected chi connectivity index (χ4v) is 1.15. The van der Waals surface area contributed by atoms with E-state index in [2.05, 4.69) is 0 Å². The largest absolute Gasteiger partial charge is 0.463 e. The van der Waals surface area contributed by atoms with Crippen molar-refractivity contribution in [1.29, 1.82) is 0 Å². The smallest absolute Gasteiger partial charge is 0.130 e. The first-order valence-corrected chi connectivity index (χ1v) is 3.51. The van der Waals surface area contributed by atoms with Crippen molar-refractivity contribution in [2.75, 3.05) is 0 Å². The molecule has 1 heterocycles. The van der Waals surface area contributed by atoms with E-state index in [1.54, 1.807) is 0 Å². The lowest BCUT2D eigenvalue weighted by molar-refractivity contribution is 0.455. The maximum absolute atomic E-state index is 7.34. The number of ether oxygens (including phenoxy) is 1. The SMILES string of the molecule is [NH]C1=COc2ccccc2C1. The van der Waals surface area contributed by atoms with E-state index >= 15 is 0 Å². The highest BCUT2D eigenvalue weighted by atomic mass is 16.5. The third-order valence-corrected chi connectivity index (χ3v) is 1.68. The van der Waals surface area contributed by atoms with Crippen molar-refractivity contribution >= 4 is 0 Å². The van der Waals surface area contributed by atoms with Crippen LogP contribution in [0.25, 0.3) is 0 Å². The van der Waals surface area contributed by atoms with Crippen molar-refractivity contribution < 1.29 is 4.74 Å². The Balaban J connectivity index is 2.42. The third kappa shape index (κ3) is 1.07. The van der Waals surface area contributed by atoms with E-state index in [4.69, 9.17) is 10.5 Å². The zero-order chi connectivity index (χ0) is 7.68. The summed E-state index contributed by atoms with van der Waals surface area (Å²) in [6.07, 6.45) is 2.18. The third-order valence-electron chi connectivity index (χ3n) is 1.68. The fraction of sp³-hybridized carbons (Fsp3) is 0.111. The van der Waals surface area contributed by atoms with Crippen LogP contribution in [-0.2, 0) is 6.42 Å². The molecule has 1 aromatic carbocycles. The lowest BCUT2D eigenvalue weighted by atomic mass is 10.1. The lowest BCUT2D eigenvalue weighted by Gasteiger charge is -2.12. The number of allylic oxidation sites excluding steroid dienone is 1. The molecule has 2 nitrogen and oxygen atoms in total. The Labute approximate surface area is 65.3 Å². The second-order valence-corrected chi connectivity index (χ2v) is 2.55.